The van der Waals surface area contributed by atoms with E-state index in [1.165, 1.54) is 0 Å². The molecule has 0 spiro atoms. The van der Waals surface area contributed by atoms with Crippen molar-refractivity contribution >= 4 is 0 Å². The summed E-state index contributed by atoms with van der Waals surface area (Å²) in [5.74, 6) is 0. The molecule has 0 aliphatic carbocycles. The summed E-state index contributed by atoms with van der Waals surface area (Å²) >= 11 is 0. The molecule has 17 valence electrons. The van der Waals surface area contributed by atoms with Crippen LogP contribution in [0.2, 0.25) is 0 Å². The van der Waals surface area contributed by atoms with E-state index >= 15 is 0 Å². The summed E-state index contributed by atoms with van der Waals surface area (Å²) in [6.45, 7) is 0. The molecule has 0 aromatic heterocycles. The molecular formula is H3LaLiOZr. The van der Waals surface area contributed by atoms with Gasteiger partial charge in [-0.05, 0) is 0 Å². The Kier molecular flexibility index (Phi) is 132. The standard InChI is InChI=1S/La.Li.H2O.Zr.H/h;;1H2;;/q;+1;;;-1. The van der Waals surface area contributed by atoms with Crippen LogP contribution in [0.1, 0.15) is 1.43 Å². The predicted octanol–water partition coefficient (Wildman–Crippen LogP) is -3.71. The SMILES string of the molecule is O.[H-].[La].[Li+].[Zr]. The van der Waals surface area contributed by atoms with Gasteiger partial charge < -0.3 is 6.90 Å². The van der Waals surface area contributed by atoms with Gasteiger partial charge >= 0.3 is 18.9 Å². The van der Waals surface area contributed by atoms with Crippen LogP contribution in [-0.2, 0) is 26.2 Å². The van der Waals surface area contributed by atoms with Gasteiger partial charge in [0.25, 0.3) is 0 Å². The van der Waals surface area contributed by atoms with Gasteiger partial charge in [-0.3, -0.25) is 0 Å². The molecule has 0 aliphatic rings. The summed E-state index contributed by atoms with van der Waals surface area (Å²) in [5.41, 5.74) is 0. The molecule has 0 saturated heterocycles. The van der Waals surface area contributed by atoms with Gasteiger partial charge in [0, 0.05) is 61.8 Å². The fraction of sp³-hybridized carbons (Fsp3) is 0. The van der Waals surface area contributed by atoms with Crippen LogP contribution in [0.15, 0.2) is 0 Å². The van der Waals surface area contributed by atoms with Crippen molar-refractivity contribution in [3.63, 3.8) is 0 Å². The first kappa shape index (κ1) is 30.3. The van der Waals surface area contributed by atoms with E-state index in [1.54, 1.807) is 0 Å². The van der Waals surface area contributed by atoms with Gasteiger partial charge in [-0.15, -0.1) is 0 Å². The fourth-order valence-electron chi connectivity index (χ4n) is 0. The number of hydrogen-bond donors (Lipinski definition) is 0. The average molecular weight is 256 g/mol. The molecular weight excluding hydrogens is 253 g/mol. The third-order valence-corrected chi connectivity index (χ3v) is 0. The van der Waals surface area contributed by atoms with Crippen LogP contribution >= 0.6 is 0 Å². The molecule has 0 atom stereocenters. The van der Waals surface area contributed by atoms with Crippen LogP contribution in [0.5, 0.6) is 0 Å². The molecule has 0 heterocycles. The largest absolute Gasteiger partial charge is 1.00 e. The Morgan fingerprint density at radius 3 is 1.25 bits per heavy atom. The van der Waals surface area contributed by atoms with E-state index in [0.29, 0.717) is 0 Å². The van der Waals surface area contributed by atoms with Crippen LogP contribution in [-0.4, -0.2) is 5.48 Å². The summed E-state index contributed by atoms with van der Waals surface area (Å²) in [7, 11) is 0. The van der Waals surface area contributed by atoms with E-state index in [-0.39, 0.29) is 87.6 Å². The molecule has 0 fully saturated rings. The van der Waals surface area contributed by atoms with Gasteiger partial charge in [0.05, 0.1) is 0 Å². The quantitative estimate of drug-likeness (QED) is 0.399. The molecule has 4 heteroatoms. The first-order valence-corrected chi connectivity index (χ1v) is 0. The third kappa shape index (κ3) is 8.82. The van der Waals surface area contributed by atoms with E-state index in [9.17, 15) is 0 Å². The third-order valence-electron chi connectivity index (χ3n) is 0. The van der Waals surface area contributed by atoms with Gasteiger partial charge in [-0.2, -0.15) is 0 Å². The van der Waals surface area contributed by atoms with Crippen LogP contribution in [0.25, 0.3) is 0 Å². The first-order chi connectivity index (χ1) is 0. The Labute approximate surface area is 86.0 Å². The fourth-order valence-corrected chi connectivity index (χ4v) is 0. The monoisotopic (exact) mass is 255 g/mol. The van der Waals surface area contributed by atoms with Crippen molar-refractivity contribution in [2.24, 2.45) is 0 Å². The molecule has 0 saturated carbocycles. The zero-order valence-corrected chi connectivity index (χ0v) is 8.66. The van der Waals surface area contributed by atoms with Crippen LogP contribution in [0, 0.1) is 35.6 Å². The molecule has 0 aromatic rings. The summed E-state index contributed by atoms with van der Waals surface area (Å²) in [6, 6.07) is 0. The predicted molar refractivity (Wildman–Crippen MR) is 4.73 cm³/mol. The molecule has 0 rings (SSSR count). The second-order valence-electron chi connectivity index (χ2n) is 0. The molecule has 0 amide bonds. The number of rotatable bonds is 0. The van der Waals surface area contributed by atoms with E-state index < -0.39 is 0 Å². The maximum Gasteiger partial charge on any atom is 1.00 e. The summed E-state index contributed by atoms with van der Waals surface area (Å²) in [4.78, 5) is 0. The van der Waals surface area contributed by atoms with Crippen molar-refractivity contribution in [2.75, 3.05) is 0 Å². The molecule has 2 N–H and O–H groups in total. The first-order valence-electron chi connectivity index (χ1n) is 0. The molecule has 0 bridgehead atoms. The van der Waals surface area contributed by atoms with E-state index in [1.807, 2.05) is 0 Å². The van der Waals surface area contributed by atoms with E-state index in [0.717, 1.165) is 0 Å². The minimum atomic E-state index is 0. The van der Waals surface area contributed by atoms with Crippen molar-refractivity contribution in [1.29, 1.82) is 0 Å². The van der Waals surface area contributed by atoms with Crippen molar-refractivity contribution in [1.82, 2.24) is 0 Å². The van der Waals surface area contributed by atoms with Crippen LogP contribution in [0.3, 0.4) is 0 Å². The van der Waals surface area contributed by atoms with Crippen molar-refractivity contribution in [3.05, 3.63) is 0 Å². The van der Waals surface area contributed by atoms with Gasteiger partial charge in [0.1, 0.15) is 0 Å². The van der Waals surface area contributed by atoms with E-state index in [2.05, 4.69) is 0 Å². The smallest absolute Gasteiger partial charge is 1.00 e. The Hall–Kier alpha value is 2.64. The second kappa shape index (κ2) is 17.4. The van der Waals surface area contributed by atoms with Gasteiger partial charge in [-0.1, -0.05) is 0 Å². The topological polar surface area (TPSA) is 31.5 Å². The van der Waals surface area contributed by atoms with Crippen molar-refractivity contribution in [3.8, 4) is 0 Å². The molecule has 1 nitrogen and oxygen atoms in total. The summed E-state index contributed by atoms with van der Waals surface area (Å²) in [5, 5.41) is 0. The Bertz CT molecular complexity index is 11.6. The Balaban J connectivity index is 0. The van der Waals surface area contributed by atoms with Crippen LogP contribution < -0.4 is 18.9 Å². The molecule has 4 heavy (non-hydrogen) atoms. The zero-order valence-electron chi connectivity index (χ0n) is 3.58. The van der Waals surface area contributed by atoms with Gasteiger partial charge in [0.2, 0.25) is 0 Å². The normalized spacial score (nSPS) is 0. The minimum absolute atomic E-state index is 0. The molecule has 0 aliphatic heterocycles. The minimum Gasteiger partial charge on any atom is -1.00 e. The molecule has 0 aromatic carbocycles. The summed E-state index contributed by atoms with van der Waals surface area (Å²) < 4.78 is 0. The van der Waals surface area contributed by atoms with Crippen LogP contribution in [0.4, 0.5) is 0 Å². The Morgan fingerprint density at radius 2 is 1.25 bits per heavy atom. The van der Waals surface area contributed by atoms with Gasteiger partial charge in [-0.25, -0.2) is 0 Å². The van der Waals surface area contributed by atoms with Gasteiger partial charge in [0.15, 0.2) is 0 Å². The Morgan fingerprint density at radius 1 is 1.25 bits per heavy atom. The zero-order chi connectivity index (χ0) is 0. The van der Waals surface area contributed by atoms with Crippen molar-refractivity contribution < 1.29 is 87.6 Å². The number of hydrogen-bond acceptors (Lipinski definition) is 0. The maximum absolute atomic E-state index is 0. The molecule has 0 unspecified atom stereocenters. The summed E-state index contributed by atoms with van der Waals surface area (Å²) in [6.07, 6.45) is 0. The van der Waals surface area contributed by atoms with E-state index in [4.69, 9.17) is 0 Å². The molecule has 1 radical (unpaired) electrons. The van der Waals surface area contributed by atoms with Crippen molar-refractivity contribution in [2.45, 2.75) is 0 Å². The second-order valence-corrected chi connectivity index (χ2v) is 0. The maximum atomic E-state index is 0. The average Bonchev–Trinajstić information content (AvgIpc) is 0.